The molecule has 0 bridgehead atoms. The van der Waals surface area contributed by atoms with Crippen molar-refractivity contribution in [2.45, 2.75) is 13.5 Å². The molecule has 0 saturated heterocycles. The monoisotopic (exact) mass is 412 g/mol. The molecule has 0 spiro atoms. The zero-order valence-corrected chi connectivity index (χ0v) is 16.4. The highest BCUT2D eigenvalue weighted by Gasteiger charge is 2.17. The van der Waals surface area contributed by atoms with Gasteiger partial charge in [0, 0.05) is 5.56 Å². The van der Waals surface area contributed by atoms with Gasteiger partial charge in [0.15, 0.2) is 0 Å². The van der Waals surface area contributed by atoms with Crippen LogP contribution >= 0.6 is 11.6 Å². The number of benzene rings is 2. The summed E-state index contributed by atoms with van der Waals surface area (Å²) < 4.78 is 19.7. The van der Waals surface area contributed by atoms with E-state index in [-0.39, 0.29) is 23.7 Å². The van der Waals surface area contributed by atoms with Gasteiger partial charge in [-0.1, -0.05) is 54.1 Å². The van der Waals surface area contributed by atoms with Crippen molar-refractivity contribution in [3.63, 3.8) is 0 Å². The lowest BCUT2D eigenvalue weighted by molar-refractivity contribution is 0.0523. The highest BCUT2D eigenvalue weighted by molar-refractivity contribution is 6.31. The lowest BCUT2D eigenvalue weighted by atomic mass is 10.1. The van der Waals surface area contributed by atoms with E-state index in [9.17, 15) is 14.0 Å². The van der Waals surface area contributed by atoms with Crippen LogP contribution in [0.5, 0.6) is 0 Å². The zero-order chi connectivity index (χ0) is 20.8. The molecule has 29 heavy (non-hydrogen) atoms. The van der Waals surface area contributed by atoms with Gasteiger partial charge in [-0.05, 0) is 36.8 Å². The van der Waals surface area contributed by atoms with Gasteiger partial charge < -0.3 is 4.74 Å². The summed E-state index contributed by atoms with van der Waals surface area (Å²) >= 11 is 5.86. The second-order valence-corrected chi connectivity index (χ2v) is 6.50. The molecule has 3 rings (SSSR count). The third-order valence-electron chi connectivity index (χ3n) is 4.07. The number of ether oxygens (including phenoxy) is 1. The molecule has 148 valence electrons. The fraction of sp³-hybridized carbons (Fsp3) is 0.136. The van der Waals surface area contributed by atoms with Gasteiger partial charge in [0.2, 0.25) is 0 Å². The number of carbonyl (C=O) groups is 1. The van der Waals surface area contributed by atoms with E-state index in [2.05, 4.69) is 5.10 Å². The largest absolute Gasteiger partial charge is 0.462 e. The molecule has 0 aliphatic heterocycles. The molecule has 2 aromatic carbocycles. The number of allylic oxidation sites excluding steroid dienone is 1. The van der Waals surface area contributed by atoms with Gasteiger partial charge in [-0.2, -0.15) is 5.10 Å². The topological polar surface area (TPSA) is 61.2 Å². The Bertz CT molecular complexity index is 1110. The van der Waals surface area contributed by atoms with E-state index >= 15 is 0 Å². The number of hydrogen-bond donors (Lipinski definition) is 0. The van der Waals surface area contributed by atoms with E-state index in [0.29, 0.717) is 11.3 Å². The van der Waals surface area contributed by atoms with E-state index in [0.717, 1.165) is 10.2 Å². The van der Waals surface area contributed by atoms with Crippen LogP contribution in [0.3, 0.4) is 0 Å². The average molecular weight is 413 g/mol. The fourth-order valence-electron chi connectivity index (χ4n) is 2.67. The number of hydrogen-bond acceptors (Lipinski definition) is 4. The number of rotatable bonds is 6. The van der Waals surface area contributed by atoms with Gasteiger partial charge in [0.05, 0.1) is 23.9 Å². The molecular formula is C22H18ClFN2O3. The summed E-state index contributed by atoms with van der Waals surface area (Å²) in [5.41, 5.74) is 1.03. The fourth-order valence-corrected chi connectivity index (χ4v) is 2.85. The Hall–Kier alpha value is -3.25. The summed E-state index contributed by atoms with van der Waals surface area (Å²) in [6.45, 7) is 1.93. The van der Waals surface area contributed by atoms with E-state index in [1.54, 1.807) is 13.0 Å². The smallest absolute Gasteiger partial charge is 0.343 e. The third kappa shape index (κ3) is 4.97. The first kappa shape index (κ1) is 20.5. The van der Waals surface area contributed by atoms with E-state index in [1.165, 1.54) is 24.3 Å². The number of halogens is 2. The highest BCUT2D eigenvalue weighted by atomic mass is 35.5. The average Bonchev–Trinajstić information content (AvgIpc) is 2.72. The van der Waals surface area contributed by atoms with Crippen molar-refractivity contribution in [2.24, 2.45) is 0 Å². The van der Waals surface area contributed by atoms with Crippen LogP contribution in [-0.2, 0) is 11.3 Å². The van der Waals surface area contributed by atoms with Crippen LogP contribution in [0.15, 0.2) is 65.5 Å². The van der Waals surface area contributed by atoms with Crippen molar-refractivity contribution in [3.05, 3.63) is 93.0 Å². The minimum Gasteiger partial charge on any atom is -0.462 e. The molecule has 3 aromatic rings. The van der Waals surface area contributed by atoms with Crippen molar-refractivity contribution >= 4 is 23.6 Å². The molecule has 1 aromatic heterocycles. The normalized spacial score (nSPS) is 11.0. The Kier molecular flexibility index (Phi) is 6.57. The number of nitrogens with zero attached hydrogens (tertiary/aromatic N) is 2. The number of aromatic nitrogens is 2. The summed E-state index contributed by atoms with van der Waals surface area (Å²) in [6, 6.07) is 15.0. The lowest BCUT2D eigenvalue weighted by Gasteiger charge is -2.09. The minimum atomic E-state index is -0.741. The zero-order valence-electron chi connectivity index (χ0n) is 15.6. The molecule has 0 amide bonds. The van der Waals surface area contributed by atoms with Crippen LogP contribution < -0.4 is 5.56 Å². The van der Waals surface area contributed by atoms with Crippen LogP contribution in [0, 0.1) is 5.82 Å². The molecule has 0 aliphatic rings. The molecule has 0 N–H and O–H groups in total. The van der Waals surface area contributed by atoms with Gasteiger partial charge in [-0.3, -0.25) is 4.79 Å². The van der Waals surface area contributed by atoms with Gasteiger partial charge >= 0.3 is 5.97 Å². The van der Waals surface area contributed by atoms with Gasteiger partial charge in [0.25, 0.3) is 5.56 Å². The molecular weight excluding hydrogens is 395 g/mol. The quantitative estimate of drug-likeness (QED) is 0.555. The Balaban J connectivity index is 2.02. The van der Waals surface area contributed by atoms with Gasteiger partial charge in [0.1, 0.15) is 11.4 Å². The van der Waals surface area contributed by atoms with E-state index < -0.39 is 17.3 Å². The molecule has 1 heterocycles. The van der Waals surface area contributed by atoms with Crippen LogP contribution in [0.2, 0.25) is 5.02 Å². The predicted octanol–water partition coefficient (Wildman–Crippen LogP) is 4.59. The van der Waals surface area contributed by atoms with Gasteiger partial charge in [-0.25, -0.2) is 13.9 Å². The second kappa shape index (κ2) is 9.30. The number of carbonyl (C=O) groups excluding carboxylic acids is 1. The second-order valence-electron chi connectivity index (χ2n) is 6.09. The maximum atomic E-state index is 13.5. The van der Waals surface area contributed by atoms with Crippen LogP contribution in [0.25, 0.3) is 17.3 Å². The SMILES string of the molecule is CCOC(=O)c1cc(-c2ccc(F)c(Cl)c2)nn(C/C=C/c2ccccc2)c1=O. The lowest BCUT2D eigenvalue weighted by Crippen LogP contribution is -2.29. The summed E-state index contributed by atoms with van der Waals surface area (Å²) in [4.78, 5) is 25.0. The Morgan fingerprint density at radius 3 is 2.66 bits per heavy atom. The molecule has 5 nitrogen and oxygen atoms in total. The Morgan fingerprint density at radius 1 is 1.21 bits per heavy atom. The first-order valence-corrected chi connectivity index (χ1v) is 9.33. The molecule has 0 fully saturated rings. The van der Waals surface area contributed by atoms with E-state index in [4.69, 9.17) is 16.3 Å². The van der Waals surface area contributed by atoms with Crippen molar-refractivity contribution in [1.82, 2.24) is 9.78 Å². The first-order valence-electron chi connectivity index (χ1n) is 8.96. The van der Waals surface area contributed by atoms with Crippen LogP contribution in [0.1, 0.15) is 22.8 Å². The highest BCUT2D eigenvalue weighted by Crippen LogP contribution is 2.23. The maximum Gasteiger partial charge on any atom is 0.343 e. The summed E-state index contributed by atoms with van der Waals surface area (Å²) in [7, 11) is 0. The molecule has 0 saturated carbocycles. The predicted molar refractivity (Wildman–Crippen MR) is 110 cm³/mol. The standard InChI is InChI=1S/C22H18ClFN2O3/c1-2-29-22(28)17-14-20(16-10-11-19(24)18(23)13-16)25-26(21(17)27)12-6-9-15-7-4-3-5-8-15/h3-11,13-14H,2,12H2,1H3/b9-6+. The van der Waals surface area contributed by atoms with E-state index in [1.807, 2.05) is 36.4 Å². The van der Waals surface area contributed by atoms with Crippen LogP contribution in [-0.4, -0.2) is 22.4 Å². The van der Waals surface area contributed by atoms with Gasteiger partial charge in [-0.15, -0.1) is 0 Å². The molecule has 7 heteroatoms. The molecule has 0 unspecified atom stereocenters. The molecule has 0 atom stereocenters. The summed E-state index contributed by atoms with van der Waals surface area (Å²) in [5.74, 6) is -1.31. The summed E-state index contributed by atoms with van der Waals surface area (Å²) in [5, 5.41) is 4.23. The molecule has 0 radical (unpaired) electrons. The van der Waals surface area contributed by atoms with Crippen LogP contribution in [0.4, 0.5) is 4.39 Å². The first-order chi connectivity index (χ1) is 14.0. The van der Waals surface area contributed by atoms with Crippen molar-refractivity contribution in [3.8, 4) is 11.3 Å². The maximum absolute atomic E-state index is 13.5. The van der Waals surface area contributed by atoms with Crippen molar-refractivity contribution in [1.29, 1.82) is 0 Å². The minimum absolute atomic E-state index is 0.0799. The Morgan fingerprint density at radius 2 is 1.97 bits per heavy atom. The third-order valence-corrected chi connectivity index (χ3v) is 4.36. The number of esters is 1. The summed E-state index contributed by atoms with van der Waals surface area (Å²) in [6.07, 6.45) is 3.61. The van der Waals surface area contributed by atoms with Crippen molar-refractivity contribution in [2.75, 3.05) is 6.61 Å². The van der Waals surface area contributed by atoms with Crippen molar-refractivity contribution < 1.29 is 13.9 Å². The molecule has 0 aliphatic carbocycles. The Labute approximate surface area is 172 Å².